The number of imidazole rings is 1. The Morgan fingerprint density at radius 1 is 1.21 bits per heavy atom. The molecule has 4 rings (SSSR count). The van der Waals surface area contributed by atoms with Gasteiger partial charge in [-0.15, -0.1) is 0 Å². The van der Waals surface area contributed by atoms with Crippen molar-refractivity contribution in [3.8, 4) is 17.1 Å². The summed E-state index contributed by atoms with van der Waals surface area (Å²) in [6.07, 6.45) is 2.66. The number of methoxy groups -OCH3 is 1. The van der Waals surface area contributed by atoms with E-state index in [2.05, 4.69) is 15.0 Å². The zero-order valence-electron chi connectivity index (χ0n) is 16.4. The van der Waals surface area contributed by atoms with Gasteiger partial charge in [0.1, 0.15) is 28.5 Å². The summed E-state index contributed by atoms with van der Waals surface area (Å²) in [4.78, 5) is 37.3. The number of rotatable bonds is 3. The van der Waals surface area contributed by atoms with Crippen LogP contribution in [0, 0.1) is 0 Å². The van der Waals surface area contributed by atoms with Gasteiger partial charge in [0.25, 0.3) is 0 Å². The number of H-pyrrole nitrogens is 1. The Hall–Kier alpha value is -3.07. The lowest BCUT2D eigenvalue weighted by atomic mass is 9.81. The van der Waals surface area contributed by atoms with Gasteiger partial charge in [0.15, 0.2) is 21.4 Å². The summed E-state index contributed by atoms with van der Waals surface area (Å²) in [5.41, 5.74) is 1.01. The van der Waals surface area contributed by atoms with E-state index < -0.39 is 15.4 Å². The molecule has 2 aliphatic rings. The number of nitrogens with zero attached hydrogens (tertiary/aromatic N) is 2. The quantitative estimate of drug-likeness (QED) is 0.824. The molecule has 1 aliphatic heterocycles. The minimum absolute atomic E-state index is 0.0290. The number of aromatic nitrogens is 2. The molecule has 1 aromatic carbocycles. The van der Waals surface area contributed by atoms with Crippen molar-refractivity contribution in [1.82, 2.24) is 9.97 Å². The first-order valence-corrected chi connectivity index (χ1v) is 10.8. The highest BCUT2D eigenvalue weighted by Gasteiger charge is 2.40. The number of aromatic amines is 1. The van der Waals surface area contributed by atoms with Crippen LogP contribution in [0.2, 0.25) is 0 Å². The number of ether oxygens (including phenoxy) is 1. The molecule has 0 amide bonds. The average molecular weight is 413 g/mol. The van der Waals surface area contributed by atoms with E-state index in [1.807, 2.05) is 0 Å². The van der Waals surface area contributed by atoms with Crippen LogP contribution in [0.15, 0.2) is 33.7 Å². The van der Waals surface area contributed by atoms with Crippen LogP contribution in [0.25, 0.3) is 17.0 Å². The predicted molar refractivity (Wildman–Crippen MR) is 107 cm³/mol. The highest BCUT2D eigenvalue weighted by Crippen LogP contribution is 2.38. The first-order chi connectivity index (χ1) is 13.5. The predicted octanol–water partition coefficient (Wildman–Crippen LogP) is 2.26. The zero-order chi connectivity index (χ0) is 21.1. The topological polar surface area (TPSA) is 119 Å². The van der Waals surface area contributed by atoms with Crippen molar-refractivity contribution in [1.29, 1.82) is 0 Å². The Balaban J connectivity index is 1.91. The van der Waals surface area contributed by atoms with Crippen molar-refractivity contribution in [3.63, 3.8) is 0 Å². The van der Waals surface area contributed by atoms with Gasteiger partial charge in [0.2, 0.25) is 0 Å². The second-order valence-electron chi connectivity index (χ2n) is 7.58. The molecule has 29 heavy (non-hydrogen) atoms. The Labute approximate surface area is 167 Å². The van der Waals surface area contributed by atoms with Crippen LogP contribution in [-0.2, 0) is 14.6 Å². The van der Waals surface area contributed by atoms with E-state index >= 15 is 0 Å². The number of allylic oxidation sites excluding steroid dienone is 1. The Morgan fingerprint density at radius 3 is 2.59 bits per heavy atom. The van der Waals surface area contributed by atoms with Gasteiger partial charge in [-0.05, 0) is 32.0 Å². The van der Waals surface area contributed by atoms with Crippen molar-refractivity contribution in [2.24, 2.45) is 4.99 Å². The Bertz CT molecular complexity index is 1250. The number of nitrogens with one attached hydrogen (secondary N) is 1. The molecule has 0 atom stereocenters. The molecule has 150 valence electrons. The lowest BCUT2D eigenvalue weighted by Gasteiger charge is -2.27. The van der Waals surface area contributed by atoms with Crippen LogP contribution in [0.5, 0.6) is 5.75 Å². The molecular formula is C20H19N3O5S. The summed E-state index contributed by atoms with van der Waals surface area (Å²) in [5.74, 6) is 0.232. The van der Waals surface area contributed by atoms with E-state index in [1.165, 1.54) is 25.3 Å². The molecule has 1 N–H and O–H groups in total. The molecular weight excluding hydrogens is 394 g/mol. The summed E-state index contributed by atoms with van der Waals surface area (Å²) in [5, 5.41) is 0. The number of sulfone groups is 1. The van der Waals surface area contributed by atoms with Crippen LogP contribution in [0.1, 0.15) is 36.5 Å². The largest absolute Gasteiger partial charge is 0.496 e. The minimum atomic E-state index is -3.45. The number of hydrogen-bond acceptors (Lipinski definition) is 7. The summed E-state index contributed by atoms with van der Waals surface area (Å²) in [6, 6.07) is 4.43. The smallest absolute Gasteiger partial charge is 0.186 e. The molecule has 0 unspecified atom stereocenters. The SMILES string of the molecule is COc1ccc(S(C)(=O)=O)cc1-c1nc2c([nH]1)C(=O)CC1=C2C=NC(C)(C)C1=O. The maximum Gasteiger partial charge on any atom is 0.186 e. The first kappa shape index (κ1) is 19.3. The van der Waals surface area contributed by atoms with Crippen LogP contribution < -0.4 is 4.74 Å². The second kappa shape index (κ2) is 6.21. The molecule has 2 heterocycles. The average Bonchev–Trinajstić information content (AvgIpc) is 3.10. The van der Waals surface area contributed by atoms with Crippen LogP contribution in [0.4, 0.5) is 0 Å². The van der Waals surface area contributed by atoms with Crippen LogP contribution >= 0.6 is 0 Å². The molecule has 0 spiro atoms. The highest BCUT2D eigenvalue weighted by molar-refractivity contribution is 7.90. The number of aliphatic imine (C=N–C) groups is 1. The molecule has 8 nitrogen and oxygen atoms in total. The third kappa shape index (κ3) is 3.02. The number of carbonyl (C=O) groups excluding carboxylic acids is 2. The van der Waals surface area contributed by atoms with E-state index in [9.17, 15) is 18.0 Å². The van der Waals surface area contributed by atoms with Crippen molar-refractivity contribution in [2.45, 2.75) is 30.7 Å². The third-order valence-corrected chi connectivity index (χ3v) is 6.21. The minimum Gasteiger partial charge on any atom is -0.496 e. The lowest BCUT2D eigenvalue weighted by molar-refractivity contribution is -0.119. The number of ketones is 2. The number of hydrogen-bond donors (Lipinski definition) is 1. The lowest BCUT2D eigenvalue weighted by Crippen LogP contribution is -2.36. The van der Waals surface area contributed by atoms with Crippen LogP contribution in [-0.4, -0.2) is 55.1 Å². The Kier molecular flexibility index (Phi) is 4.13. The van der Waals surface area contributed by atoms with E-state index in [0.29, 0.717) is 28.2 Å². The van der Waals surface area contributed by atoms with Crippen molar-refractivity contribution < 1.29 is 22.7 Å². The molecule has 0 radical (unpaired) electrons. The third-order valence-electron chi connectivity index (χ3n) is 5.10. The summed E-state index contributed by atoms with van der Waals surface area (Å²) in [7, 11) is -1.99. The number of fused-ring (bicyclic) bond motifs is 2. The fourth-order valence-corrected chi connectivity index (χ4v) is 4.13. The molecule has 0 saturated heterocycles. The first-order valence-electron chi connectivity index (χ1n) is 8.88. The van der Waals surface area contributed by atoms with Crippen molar-refractivity contribution in [3.05, 3.63) is 35.2 Å². The van der Waals surface area contributed by atoms with Gasteiger partial charge >= 0.3 is 0 Å². The van der Waals surface area contributed by atoms with Crippen molar-refractivity contribution in [2.75, 3.05) is 13.4 Å². The maximum absolute atomic E-state index is 12.7. The number of dihydropyridines is 1. The highest BCUT2D eigenvalue weighted by atomic mass is 32.2. The molecule has 1 aromatic heterocycles. The number of Topliss-reactive ketones (excluding diaryl/α,β-unsaturated/α-hetero) is 2. The van der Waals surface area contributed by atoms with Gasteiger partial charge in [-0.1, -0.05) is 0 Å². The van der Waals surface area contributed by atoms with Gasteiger partial charge in [-0.2, -0.15) is 0 Å². The van der Waals surface area contributed by atoms with E-state index in [1.54, 1.807) is 20.1 Å². The van der Waals surface area contributed by atoms with Crippen LogP contribution in [0.3, 0.4) is 0 Å². The molecule has 2 aromatic rings. The molecule has 0 saturated carbocycles. The van der Waals surface area contributed by atoms with Gasteiger partial charge in [-0.25, -0.2) is 13.4 Å². The summed E-state index contributed by atoms with van der Waals surface area (Å²) < 4.78 is 29.3. The second-order valence-corrected chi connectivity index (χ2v) is 9.60. The zero-order valence-corrected chi connectivity index (χ0v) is 17.2. The van der Waals surface area contributed by atoms with E-state index in [-0.39, 0.29) is 34.4 Å². The maximum atomic E-state index is 12.7. The summed E-state index contributed by atoms with van der Waals surface area (Å²) in [6.45, 7) is 3.40. The van der Waals surface area contributed by atoms with Gasteiger partial charge in [0.05, 0.1) is 17.6 Å². The van der Waals surface area contributed by atoms with E-state index in [4.69, 9.17) is 4.74 Å². The fraction of sp³-hybridized carbons (Fsp3) is 0.300. The summed E-state index contributed by atoms with van der Waals surface area (Å²) >= 11 is 0. The molecule has 0 fully saturated rings. The van der Waals surface area contributed by atoms with Gasteiger partial charge < -0.3 is 9.72 Å². The van der Waals surface area contributed by atoms with Gasteiger partial charge in [0, 0.05) is 30.0 Å². The molecule has 9 heteroatoms. The monoisotopic (exact) mass is 413 g/mol. The molecule has 0 bridgehead atoms. The van der Waals surface area contributed by atoms with Crippen molar-refractivity contribution >= 4 is 33.2 Å². The fourth-order valence-electron chi connectivity index (χ4n) is 3.48. The Morgan fingerprint density at radius 2 is 1.93 bits per heavy atom. The number of benzene rings is 1. The van der Waals surface area contributed by atoms with Gasteiger partial charge in [-0.3, -0.25) is 14.6 Å². The standard InChI is InChI=1S/C20H19N3O5S/c1-20(2)18(25)11-8-14(24)17-16(13(11)9-21-20)22-19(23-17)12-7-10(29(4,26)27)5-6-15(12)28-3/h5-7,9H,8H2,1-4H3,(H,22,23). The van der Waals surface area contributed by atoms with E-state index in [0.717, 1.165) is 6.26 Å². The molecule has 1 aliphatic carbocycles. The normalized spacial score (nSPS) is 17.9. The number of carbonyl (C=O) groups is 2.